The molecule has 0 fully saturated rings. The number of carbonyl (C=O) groups is 1. The molecule has 0 saturated carbocycles. The zero-order chi connectivity index (χ0) is 14.2. The molecule has 0 saturated heterocycles. The maximum Gasteiger partial charge on any atom is 0.335 e. The Kier molecular flexibility index (Phi) is 3.29. The highest BCUT2D eigenvalue weighted by Crippen LogP contribution is 2.28. The summed E-state index contributed by atoms with van der Waals surface area (Å²) in [6.45, 7) is 1.42. The van der Waals surface area contributed by atoms with E-state index in [-0.39, 0.29) is 22.3 Å². The van der Waals surface area contributed by atoms with Gasteiger partial charge in [-0.15, -0.1) is 0 Å². The molecule has 2 aromatic carbocycles. The Morgan fingerprint density at radius 2 is 1.58 bits per heavy atom. The van der Waals surface area contributed by atoms with E-state index in [1.807, 2.05) is 0 Å². The van der Waals surface area contributed by atoms with Gasteiger partial charge in [0, 0.05) is 6.07 Å². The fourth-order valence-electron chi connectivity index (χ4n) is 1.81. The van der Waals surface area contributed by atoms with Crippen molar-refractivity contribution >= 4 is 5.97 Å². The molecule has 0 aliphatic heterocycles. The number of rotatable bonds is 2. The molecule has 98 valence electrons. The van der Waals surface area contributed by atoms with Crippen molar-refractivity contribution in [3.63, 3.8) is 0 Å². The predicted octanol–water partition coefficient (Wildman–Crippen LogP) is 3.78. The van der Waals surface area contributed by atoms with E-state index in [0.29, 0.717) is 6.07 Å². The van der Waals surface area contributed by atoms with Gasteiger partial charge in [-0.3, -0.25) is 0 Å². The molecule has 0 bridgehead atoms. The molecule has 2 nitrogen and oxygen atoms in total. The first-order valence-electron chi connectivity index (χ1n) is 5.38. The molecule has 0 radical (unpaired) electrons. The Bertz CT molecular complexity index is 646. The van der Waals surface area contributed by atoms with Crippen LogP contribution in [-0.4, -0.2) is 11.1 Å². The van der Waals surface area contributed by atoms with E-state index in [4.69, 9.17) is 5.11 Å². The van der Waals surface area contributed by atoms with Gasteiger partial charge in [0.25, 0.3) is 0 Å². The van der Waals surface area contributed by atoms with Gasteiger partial charge < -0.3 is 5.11 Å². The largest absolute Gasteiger partial charge is 0.478 e. The average molecular weight is 266 g/mol. The zero-order valence-corrected chi connectivity index (χ0v) is 9.88. The van der Waals surface area contributed by atoms with Gasteiger partial charge in [0.1, 0.15) is 17.5 Å². The van der Waals surface area contributed by atoms with E-state index in [1.54, 1.807) is 0 Å². The number of aromatic carboxylic acids is 1. The Morgan fingerprint density at radius 1 is 1.00 bits per heavy atom. The van der Waals surface area contributed by atoms with E-state index in [2.05, 4.69) is 0 Å². The molecule has 0 amide bonds. The lowest BCUT2D eigenvalue weighted by Crippen LogP contribution is -2.00. The van der Waals surface area contributed by atoms with Crippen molar-refractivity contribution in [3.8, 4) is 11.1 Å². The zero-order valence-electron chi connectivity index (χ0n) is 9.88. The fraction of sp³-hybridized carbons (Fsp3) is 0.0714. The highest BCUT2D eigenvalue weighted by Gasteiger charge is 2.14. The molecular formula is C14H9F3O2. The maximum atomic E-state index is 13.6. The lowest BCUT2D eigenvalue weighted by atomic mass is 9.97. The second-order valence-corrected chi connectivity index (χ2v) is 4.09. The van der Waals surface area contributed by atoms with Crippen LogP contribution in [0.15, 0.2) is 30.3 Å². The van der Waals surface area contributed by atoms with Crippen LogP contribution in [0.5, 0.6) is 0 Å². The quantitative estimate of drug-likeness (QED) is 0.898. The Balaban J connectivity index is 2.70. The molecule has 0 spiro atoms. The van der Waals surface area contributed by atoms with Crippen molar-refractivity contribution in [2.24, 2.45) is 0 Å². The van der Waals surface area contributed by atoms with Crippen LogP contribution in [0.2, 0.25) is 0 Å². The second kappa shape index (κ2) is 4.76. The second-order valence-electron chi connectivity index (χ2n) is 4.09. The molecule has 0 heterocycles. The van der Waals surface area contributed by atoms with Gasteiger partial charge in [-0.1, -0.05) is 0 Å². The Morgan fingerprint density at radius 3 is 2.11 bits per heavy atom. The highest BCUT2D eigenvalue weighted by molar-refractivity contribution is 5.90. The number of hydrogen-bond acceptors (Lipinski definition) is 1. The normalized spacial score (nSPS) is 10.5. The third-order valence-electron chi connectivity index (χ3n) is 2.76. The minimum absolute atomic E-state index is 0.0944. The van der Waals surface area contributed by atoms with E-state index < -0.39 is 23.4 Å². The van der Waals surface area contributed by atoms with E-state index in [1.165, 1.54) is 13.0 Å². The molecule has 0 aromatic heterocycles. The van der Waals surface area contributed by atoms with Crippen molar-refractivity contribution in [3.05, 3.63) is 58.9 Å². The van der Waals surface area contributed by atoms with Gasteiger partial charge in [-0.25, -0.2) is 18.0 Å². The molecule has 0 aliphatic carbocycles. The van der Waals surface area contributed by atoms with Gasteiger partial charge in [0.2, 0.25) is 0 Å². The minimum Gasteiger partial charge on any atom is -0.478 e. The molecule has 1 N–H and O–H groups in total. The molecule has 19 heavy (non-hydrogen) atoms. The number of halogens is 3. The summed E-state index contributed by atoms with van der Waals surface area (Å²) in [6.07, 6.45) is 0. The SMILES string of the molecule is Cc1c(F)cc(C(=O)O)cc1-c1cc(F)cc(F)c1. The Hall–Kier alpha value is -2.30. The van der Waals surface area contributed by atoms with Crippen LogP contribution in [0.1, 0.15) is 15.9 Å². The van der Waals surface area contributed by atoms with E-state index in [0.717, 1.165) is 18.2 Å². The number of hydrogen-bond donors (Lipinski definition) is 1. The summed E-state index contributed by atoms with van der Waals surface area (Å²) in [4.78, 5) is 10.9. The number of benzene rings is 2. The highest BCUT2D eigenvalue weighted by atomic mass is 19.1. The molecule has 5 heteroatoms. The van der Waals surface area contributed by atoms with Crippen LogP contribution < -0.4 is 0 Å². The first-order valence-corrected chi connectivity index (χ1v) is 5.38. The van der Waals surface area contributed by atoms with Gasteiger partial charge in [-0.05, 0) is 47.9 Å². The van der Waals surface area contributed by atoms with Gasteiger partial charge in [0.05, 0.1) is 5.56 Å². The third kappa shape index (κ3) is 2.59. The van der Waals surface area contributed by atoms with Crippen molar-refractivity contribution in [1.82, 2.24) is 0 Å². The van der Waals surface area contributed by atoms with Crippen LogP contribution in [-0.2, 0) is 0 Å². The lowest BCUT2D eigenvalue weighted by molar-refractivity contribution is 0.0696. The monoisotopic (exact) mass is 266 g/mol. The summed E-state index contributed by atoms with van der Waals surface area (Å²) >= 11 is 0. The molecule has 2 aromatic rings. The van der Waals surface area contributed by atoms with Crippen molar-refractivity contribution in [2.45, 2.75) is 6.92 Å². The van der Waals surface area contributed by atoms with Crippen LogP contribution in [0.25, 0.3) is 11.1 Å². The molecule has 0 atom stereocenters. The molecule has 2 rings (SSSR count). The van der Waals surface area contributed by atoms with Crippen LogP contribution in [0.4, 0.5) is 13.2 Å². The summed E-state index contributed by atoms with van der Waals surface area (Å²) in [5, 5.41) is 8.87. The topological polar surface area (TPSA) is 37.3 Å². The fourth-order valence-corrected chi connectivity index (χ4v) is 1.81. The minimum atomic E-state index is -1.31. The standard InChI is InChI=1S/C14H9F3O2/c1-7-12(4-9(14(18)19)5-13(7)17)8-2-10(15)6-11(16)3-8/h2-6H,1H3,(H,18,19). The van der Waals surface area contributed by atoms with Gasteiger partial charge in [0.15, 0.2) is 0 Å². The van der Waals surface area contributed by atoms with Crippen molar-refractivity contribution in [2.75, 3.05) is 0 Å². The van der Waals surface area contributed by atoms with Gasteiger partial charge in [-0.2, -0.15) is 0 Å². The van der Waals surface area contributed by atoms with Crippen molar-refractivity contribution in [1.29, 1.82) is 0 Å². The summed E-state index contributed by atoms with van der Waals surface area (Å²) < 4.78 is 39.9. The number of carboxylic acids is 1. The van der Waals surface area contributed by atoms with Crippen LogP contribution in [0.3, 0.4) is 0 Å². The smallest absolute Gasteiger partial charge is 0.335 e. The summed E-state index contributed by atoms with van der Waals surface area (Å²) in [5.41, 5.74) is 0.102. The van der Waals surface area contributed by atoms with Gasteiger partial charge >= 0.3 is 5.97 Å². The summed E-state index contributed by atoms with van der Waals surface area (Å²) in [5.74, 6) is -3.66. The predicted molar refractivity (Wildman–Crippen MR) is 63.4 cm³/mol. The summed E-state index contributed by atoms with van der Waals surface area (Å²) in [6, 6.07) is 4.80. The average Bonchev–Trinajstić information content (AvgIpc) is 2.30. The molecule has 0 aliphatic rings. The number of carboxylic acid groups (broad SMARTS) is 1. The van der Waals surface area contributed by atoms with Crippen LogP contribution >= 0.6 is 0 Å². The Labute approximate surface area is 107 Å². The maximum absolute atomic E-state index is 13.6. The van der Waals surface area contributed by atoms with E-state index in [9.17, 15) is 18.0 Å². The first-order chi connectivity index (χ1) is 8.88. The van der Waals surface area contributed by atoms with Crippen molar-refractivity contribution < 1.29 is 23.1 Å². The van der Waals surface area contributed by atoms with Crippen LogP contribution in [0, 0.1) is 24.4 Å². The molecule has 0 unspecified atom stereocenters. The third-order valence-corrected chi connectivity index (χ3v) is 2.76. The first kappa shape index (κ1) is 13.1. The van der Waals surface area contributed by atoms with E-state index >= 15 is 0 Å². The summed E-state index contributed by atoms with van der Waals surface area (Å²) in [7, 11) is 0. The molecular weight excluding hydrogens is 257 g/mol. The lowest BCUT2D eigenvalue weighted by Gasteiger charge is -2.09.